The second kappa shape index (κ2) is 7.11. The van der Waals surface area contributed by atoms with Gasteiger partial charge >= 0.3 is 0 Å². The molecule has 0 aliphatic carbocycles. The number of nitrogens with zero attached hydrogens (tertiary/aromatic N) is 3. The number of hydrogen-bond donors (Lipinski definition) is 0. The van der Waals surface area contributed by atoms with Crippen molar-refractivity contribution in [2.45, 2.75) is 65.1 Å². The summed E-state index contributed by atoms with van der Waals surface area (Å²) in [5, 5.41) is 0. The normalized spacial score (nSPS) is 16.5. The lowest BCUT2D eigenvalue weighted by molar-refractivity contribution is -0.148. The molecule has 1 atom stereocenters. The highest BCUT2D eigenvalue weighted by Crippen LogP contribution is 2.23. The van der Waals surface area contributed by atoms with Gasteiger partial charge in [-0.3, -0.25) is 14.6 Å². The van der Waals surface area contributed by atoms with E-state index < -0.39 is 0 Å². The third kappa shape index (κ3) is 4.09. The number of pyridine rings is 1. The van der Waals surface area contributed by atoms with Gasteiger partial charge in [0.15, 0.2) is 0 Å². The summed E-state index contributed by atoms with van der Waals surface area (Å²) in [6.45, 7) is 9.17. The first-order chi connectivity index (χ1) is 10.8. The van der Waals surface area contributed by atoms with Gasteiger partial charge in [0.25, 0.3) is 0 Å². The van der Waals surface area contributed by atoms with Gasteiger partial charge in [0.05, 0.1) is 12.2 Å². The molecule has 0 N–H and O–H groups in total. The number of hydrogen-bond acceptors (Lipinski definition) is 3. The van der Waals surface area contributed by atoms with Crippen LogP contribution in [0.3, 0.4) is 0 Å². The number of carbonyl (C=O) groups excluding carboxylic acids is 2. The highest BCUT2D eigenvalue weighted by Gasteiger charge is 2.37. The van der Waals surface area contributed by atoms with Crippen LogP contribution in [0.2, 0.25) is 0 Å². The van der Waals surface area contributed by atoms with Crippen molar-refractivity contribution in [3.8, 4) is 0 Å². The molecule has 1 saturated heterocycles. The smallest absolute Gasteiger partial charge is 0.246 e. The standard InChI is InChI=1S/C18H27N3O2/c1-5-15(20-12-8-10-16(20)22)17(23)21(18(2,3)4)13-14-9-6-7-11-19-14/h6-7,9,11,15H,5,8,10,12-13H2,1-4H3/t15-/m0/s1. The van der Waals surface area contributed by atoms with E-state index in [2.05, 4.69) is 4.98 Å². The van der Waals surface area contributed by atoms with Crippen LogP contribution in [0.1, 0.15) is 52.7 Å². The Morgan fingerprint density at radius 3 is 2.61 bits per heavy atom. The first-order valence-corrected chi connectivity index (χ1v) is 8.35. The van der Waals surface area contributed by atoms with E-state index in [1.165, 1.54) is 0 Å². The molecule has 2 rings (SSSR count). The molecule has 0 aromatic carbocycles. The molecule has 2 heterocycles. The fourth-order valence-corrected chi connectivity index (χ4v) is 3.01. The first-order valence-electron chi connectivity index (χ1n) is 8.35. The third-order valence-electron chi connectivity index (χ3n) is 4.28. The zero-order valence-corrected chi connectivity index (χ0v) is 14.6. The maximum atomic E-state index is 13.2. The van der Waals surface area contributed by atoms with E-state index >= 15 is 0 Å². The van der Waals surface area contributed by atoms with Crippen LogP contribution in [-0.4, -0.2) is 44.7 Å². The van der Waals surface area contributed by atoms with Crippen LogP contribution in [0.5, 0.6) is 0 Å². The van der Waals surface area contributed by atoms with E-state index in [1.54, 1.807) is 11.1 Å². The van der Waals surface area contributed by atoms with Gasteiger partial charge in [-0.1, -0.05) is 13.0 Å². The molecule has 5 nitrogen and oxygen atoms in total. The summed E-state index contributed by atoms with van der Waals surface area (Å²) < 4.78 is 0. The second-order valence-electron chi connectivity index (χ2n) is 7.03. The molecule has 1 fully saturated rings. The molecule has 0 unspecified atom stereocenters. The molecule has 2 amide bonds. The highest BCUT2D eigenvalue weighted by atomic mass is 16.2. The molecule has 0 saturated carbocycles. The largest absolute Gasteiger partial charge is 0.331 e. The van der Waals surface area contributed by atoms with Crippen LogP contribution in [0.15, 0.2) is 24.4 Å². The van der Waals surface area contributed by atoms with Crippen molar-refractivity contribution in [1.82, 2.24) is 14.8 Å². The Morgan fingerprint density at radius 2 is 2.13 bits per heavy atom. The topological polar surface area (TPSA) is 53.5 Å². The van der Waals surface area contributed by atoms with Crippen molar-refractivity contribution in [3.63, 3.8) is 0 Å². The number of likely N-dealkylation sites (tertiary alicyclic amines) is 1. The molecule has 1 aliphatic rings. The minimum Gasteiger partial charge on any atom is -0.331 e. The maximum absolute atomic E-state index is 13.2. The average Bonchev–Trinajstić information content (AvgIpc) is 2.91. The fourth-order valence-electron chi connectivity index (χ4n) is 3.01. The summed E-state index contributed by atoms with van der Waals surface area (Å²) in [6, 6.07) is 5.35. The molecule has 23 heavy (non-hydrogen) atoms. The summed E-state index contributed by atoms with van der Waals surface area (Å²) in [7, 11) is 0. The lowest BCUT2D eigenvalue weighted by atomic mass is 10.0. The SMILES string of the molecule is CC[C@@H](C(=O)N(Cc1ccccn1)C(C)(C)C)N1CCCC1=O. The molecule has 126 valence electrons. The lowest BCUT2D eigenvalue weighted by Gasteiger charge is -2.39. The van der Waals surface area contributed by atoms with E-state index in [-0.39, 0.29) is 23.4 Å². The van der Waals surface area contributed by atoms with Crippen LogP contribution in [0.4, 0.5) is 0 Å². The van der Waals surface area contributed by atoms with Crippen LogP contribution in [0.25, 0.3) is 0 Å². The van der Waals surface area contributed by atoms with Crippen LogP contribution in [0, 0.1) is 0 Å². The van der Waals surface area contributed by atoms with Crippen molar-refractivity contribution >= 4 is 11.8 Å². The maximum Gasteiger partial charge on any atom is 0.246 e. The van der Waals surface area contributed by atoms with E-state index in [0.29, 0.717) is 25.9 Å². The minimum absolute atomic E-state index is 0.0147. The van der Waals surface area contributed by atoms with Crippen molar-refractivity contribution < 1.29 is 9.59 Å². The Morgan fingerprint density at radius 1 is 1.39 bits per heavy atom. The highest BCUT2D eigenvalue weighted by molar-refractivity contribution is 5.89. The minimum atomic E-state index is -0.368. The van der Waals surface area contributed by atoms with Gasteiger partial charge < -0.3 is 9.80 Å². The number of carbonyl (C=O) groups is 2. The predicted octanol–water partition coefficient (Wildman–Crippen LogP) is 2.61. The third-order valence-corrected chi connectivity index (χ3v) is 4.28. The van der Waals surface area contributed by atoms with E-state index in [0.717, 1.165) is 12.1 Å². The Balaban J connectivity index is 2.23. The van der Waals surface area contributed by atoms with E-state index in [1.807, 2.05) is 50.8 Å². The summed E-state index contributed by atoms with van der Waals surface area (Å²) in [5.41, 5.74) is 0.531. The summed E-state index contributed by atoms with van der Waals surface area (Å²) >= 11 is 0. The average molecular weight is 317 g/mol. The van der Waals surface area contributed by atoms with Gasteiger partial charge in [0.2, 0.25) is 11.8 Å². The summed E-state index contributed by atoms with van der Waals surface area (Å²) in [4.78, 5) is 33.1. The molecule has 0 spiro atoms. The summed E-state index contributed by atoms with van der Waals surface area (Å²) in [6.07, 6.45) is 3.78. The molecule has 1 aromatic rings. The molecule has 0 bridgehead atoms. The van der Waals surface area contributed by atoms with Crippen molar-refractivity contribution in [1.29, 1.82) is 0 Å². The van der Waals surface area contributed by atoms with Crippen molar-refractivity contribution in [2.24, 2.45) is 0 Å². The van der Waals surface area contributed by atoms with Gasteiger partial charge in [-0.15, -0.1) is 0 Å². The van der Waals surface area contributed by atoms with Crippen LogP contribution < -0.4 is 0 Å². The molecule has 0 radical (unpaired) electrons. The summed E-state index contributed by atoms with van der Waals surface area (Å²) in [5.74, 6) is 0.109. The molecular formula is C18H27N3O2. The van der Waals surface area contributed by atoms with Gasteiger partial charge in [-0.05, 0) is 45.7 Å². The number of amides is 2. The van der Waals surface area contributed by atoms with E-state index in [4.69, 9.17) is 0 Å². The van der Waals surface area contributed by atoms with Crippen LogP contribution >= 0.6 is 0 Å². The number of rotatable bonds is 5. The Bertz CT molecular complexity index is 551. The van der Waals surface area contributed by atoms with E-state index in [9.17, 15) is 9.59 Å². The number of aromatic nitrogens is 1. The molecule has 1 aromatic heterocycles. The van der Waals surface area contributed by atoms with Gasteiger partial charge in [-0.25, -0.2) is 0 Å². The quantitative estimate of drug-likeness (QED) is 0.839. The van der Waals surface area contributed by atoms with Gasteiger partial charge in [-0.2, -0.15) is 0 Å². The van der Waals surface area contributed by atoms with Crippen molar-refractivity contribution in [2.75, 3.05) is 6.54 Å². The monoisotopic (exact) mass is 317 g/mol. The zero-order chi connectivity index (χ0) is 17.0. The molecule has 1 aliphatic heterocycles. The Kier molecular flexibility index (Phi) is 5.39. The lowest BCUT2D eigenvalue weighted by Crippen LogP contribution is -2.54. The Hall–Kier alpha value is -1.91. The second-order valence-corrected chi connectivity index (χ2v) is 7.03. The van der Waals surface area contributed by atoms with Crippen molar-refractivity contribution in [3.05, 3.63) is 30.1 Å². The fraction of sp³-hybridized carbons (Fsp3) is 0.611. The predicted molar refractivity (Wildman–Crippen MR) is 89.6 cm³/mol. The first kappa shape index (κ1) is 17.4. The van der Waals surface area contributed by atoms with Gasteiger partial charge in [0.1, 0.15) is 6.04 Å². The van der Waals surface area contributed by atoms with Crippen LogP contribution in [-0.2, 0) is 16.1 Å². The molecule has 5 heteroatoms. The molecular weight excluding hydrogens is 290 g/mol. The zero-order valence-electron chi connectivity index (χ0n) is 14.6. The Labute approximate surface area is 138 Å². The van der Waals surface area contributed by atoms with Gasteiger partial charge in [0, 0.05) is 24.7 Å².